The molecule has 0 aliphatic heterocycles. The summed E-state index contributed by atoms with van der Waals surface area (Å²) in [5.74, 6) is -2.11. The third-order valence-electron chi connectivity index (χ3n) is 7.05. The van der Waals surface area contributed by atoms with Gasteiger partial charge in [-0.3, -0.25) is 0 Å². The SMILES string of the molecule is CC(F)(F)c1ccc(-c2ccc(/C=C/c3nc(-c4ccc(Cl)cc4Cl)cn3Cc3ccc(-n4cncn4)cc3)cc2)cc1. The van der Waals surface area contributed by atoms with Gasteiger partial charge in [-0.2, -0.15) is 5.10 Å². The molecule has 0 unspecified atom stereocenters. The van der Waals surface area contributed by atoms with Crippen LogP contribution in [0.1, 0.15) is 29.4 Å². The van der Waals surface area contributed by atoms with E-state index in [0.717, 1.165) is 51.9 Å². The minimum atomic E-state index is -2.86. The monoisotopic (exact) mass is 611 g/mol. The lowest BCUT2D eigenvalue weighted by Gasteiger charge is -2.11. The molecule has 0 saturated carbocycles. The Morgan fingerprint density at radius 3 is 2.16 bits per heavy atom. The minimum absolute atomic E-state index is 0.00304. The van der Waals surface area contributed by atoms with E-state index in [0.29, 0.717) is 16.6 Å². The van der Waals surface area contributed by atoms with Gasteiger partial charge in [-0.05, 0) is 58.7 Å². The Kier molecular flexibility index (Phi) is 7.93. The highest BCUT2D eigenvalue weighted by Gasteiger charge is 2.23. The van der Waals surface area contributed by atoms with Crippen LogP contribution in [0.5, 0.6) is 0 Å². The summed E-state index contributed by atoms with van der Waals surface area (Å²) in [6.45, 7) is 1.49. The summed E-state index contributed by atoms with van der Waals surface area (Å²) in [6.07, 6.45) is 9.09. The molecular formula is C34H25Cl2F2N5. The molecule has 2 aromatic heterocycles. The first-order valence-electron chi connectivity index (χ1n) is 13.5. The van der Waals surface area contributed by atoms with Crippen molar-refractivity contribution < 1.29 is 8.78 Å². The topological polar surface area (TPSA) is 48.5 Å². The zero-order valence-corrected chi connectivity index (χ0v) is 24.5. The van der Waals surface area contributed by atoms with Crippen molar-refractivity contribution in [3.05, 3.63) is 142 Å². The highest BCUT2D eigenvalue weighted by Crippen LogP contribution is 2.31. The summed E-state index contributed by atoms with van der Waals surface area (Å²) < 4.78 is 31.0. The maximum Gasteiger partial charge on any atom is 0.270 e. The molecule has 6 aromatic rings. The van der Waals surface area contributed by atoms with Crippen LogP contribution in [0.15, 0.2) is 110 Å². The Balaban J connectivity index is 1.27. The van der Waals surface area contributed by atoms with Gasteiger partial charge in [0.25, 0.3) is 5.92 Å². The van der Waals surface area contributed by atoms with Crippen LogP contribution < -0.4 is 0 Å². The molecule has 0 saturated heterocycles. The molecule has 2 heterocycles. The van der Waals surface area contributed by atoms with Gasteiger partial charge in [0.2, 0.25) is 0 Å². The van der Waals surface area contributed by atoms with E-state index in [-0.39, 0.29) is 5.56 Å². The molecule has 214 valence electrons. The van der Waals surface area contributed by atoms with Crippen LogP contribution in [0.3, 0.4) is 0 Å². The summed E-state index contributed by atoms with van der Waals surface area (Å²) in [5.41, 5.74) is 6.31. The fraction of sp³-hybridized carbons (Fsp3) is 0.0882. The first-order chi connectivity index (χ1) is 20.7. The number of imidazole rings is 1. The van der Waals surface area contributed by atoms with E-state index >= 15 is 0 Å². The van der Waals surface area contributed by atoms with Gasteiger partial charge in [-0.1, -0.05) is 89.9 Å². The van der Waals surface area contributed by atoms with Crippen molar-refractivity contribution in [3.63, 3.8) is 0 Å². The van der Waals surface area contributed by atoms with Crippen LogP contribution in [0.4, 0.5) is 8.78 Å². The van der Waals surface area contributed by atoms with Crippen molar-refractivity contribution in [1.29, 1.82) is 0 Å². The van der Waals surface area contributed by atoms with Crippen molar-refractivity contribution in [2.45, 2.75) is 19.4 Å². The number of aromatic nitrogens is 5. The molecule has 0 amide bonds. The number of rotatable bonds is 8. The van der Waals surface area contributed by atoms with Crippen LogP contribution in [-0.2, 0) is 12.5 Å². The van der Waals surface area contributed by atoms with E-state index in [9.17, 15) is 8.78 Å². The Hall–Kier alpha value is -4.59. The lowest BCUT2D eigenvalue weighted by atomic mass is 10.0. The molecule has 0 aliphatic rings. The third kappa shape index (κ3) is 6.58. The lowest BCUT2D eigenvalue weighted by Crippen LogP contribution is -2.06. The maximum atomic E-state index is 13.6. The molecule has 43 heavy (non-hydrogen) atoms. The summed E-state index contributed by atoms with van der Waals surface area (Å²) in [4.78, 5) is 8.91. The molecule has 9 heteroatoms. The largest absolute Gasteiger partial charge is 0.326 e. The Labute approximate surface area is 257 Å². The maximum absolute atomic E-state index is 13.6. The summed E-state index contributed by atoms with van der Waals surface area (Å²) in [5, 5.41) is 5.27. The van der Waals surface area contributed by atoms with Crippen LogP contribution in [0.2, 0.25) is 10.0 Å². The zero-order chi connectivity index (χ0) is 30.0. The molecule has 0 radical (unpaired) electrons. The molecule has 0 bridgehead atoms. The second-order valence-electron chi connectivity index (χ2n) is 10.2. The Morgan fingerprint density at radius 1 is 0.837 bits per heavy atom. The second-order valence-corrected chi connectivity index (χ2v) is 11.0. The van der Waals surface area contributed by atoms with Crippen LogP contribution in [-0.4, -0.2) is 24.3 Å². The standard InChI is InChI=1S/C34H25Cl2F2N5/c1-34(37,38)27-11-9-26(10-12-27)25-7-2-23(3-8-25)6-17-33-41-32(30-16-13-28(35)18-31(30)36)20-42(33)19-24-4-14-29(15-5-24)43-22-39-21-40-43/h2-18,20-22H,19H2,1H3/b17-6+. The average molecular weight is 613 g/mol. The van der Waals surface area contributed by atoms with Gasteiger partial charge in [0.15, 0.2) is 0 Å². The molecule has 0 spiro atoms. The summed E-state index contributed by atoms with van der Waals surface area (Å²) >= 11 is 12.6. The van der Waals surface area contributed by atoms with Gasteiger partial charge in [0, 0.05) is 35.8 Å². The molecule has 0 fully saturated rings. The van der Waals surface area contributed by atoms with Crippen LogP contribution in [0, 0.1) is 0 Å². The number of alkyl halides is 2. The van der Waals surface area contributed by atoms with Gasteiger partial charge in [-0.15, -0.1) is 0 Å². The predicted molar refractivity (Wildman–Crippen MR) is 169 cm³/mol. The highest BCUT2D eigenvalue weighted by molar-refractivity contribution is 6.36. The fourth-order valence-electron chi connectivity index (χ4n) is 4.72. The van der Waals surface area contributed by atoms with Crippen molar-refractivity contribution in [2.24, 2.45) is 0 Å². The quantitative estimate of drug-likeness (QED) is 0.172. The van der Waals surface area contributed by atoms with Crippen LogP contribution in [0.25, 0.3) is 40.2 Å². The summed E-state index contributed by atoms with van der Waals surface area (Å²) in [6, 6.07) is 27.7. The molecule has 0 atom stereocenters. The van der Waals surface area contributed by atoms with Gasteiger partial charge in [0.05, 0.1) is 16.4 Å². The van der Waals surface area contributed by atoms with E-state index in [1.807, 2.05) is 72.9 Å². The predicted octanol–water partition coefficient (Wildman–Crippen LogP) is 9.43. The normalized spacial score (nSPS) is 11.8. The molecule has 4 aromatic carbocycles. The van der Waals surface area contributed by atoms with Gasteiger partial charge in [0.1, 0.15) is 18.5 Å². The van der Waals surface area contributed by atoms with Crippen molar-refractivity contribution >= 4 is 35.4 Å². The van der Waals surface area contributed by atoms with Gasteiger partial charge in [-0.25, -0.2) is 23.4 Å². The Morgan fingerprint density at radius 2 is 1.53 bits per heavy atom. The van der Waals surface area contributed by atoms with Crippen molar-refractivity contribution in [2.75, 3.05) is 0 Å². The summed E-state index contributed by atoms with van der Waals surface area (Å²) in [7, 11) is 0. The van der Waals surface area contributed by atoms with E-state index in [2.05, 4.69) is 14.6 Å². The average Bonchev–Trinajstić information content (AvgIpc) is 3.67. The lowest BCUT2D eigenvalue weighted by molar-refractivity contribution is 0.0175. The molecule has 6 rings (SSSR count). The van der Waals surface area contributed by atoms with E-state index < -0.39 is 5.92 Å². The van der Waals surface area contributed by atoms with Crippen molar-refractivity contribution in [1.82, 2.24) is 24.3 Å². The highest BCUT2D eigenvalue weighted by atomic mass is 35.5. The smallest absolute Gasteiger partial charge is 0.270 e. The van der Waals surface area contributed by atoms with Crippen LogP contribution >= 0.6 is 23.2 Å². The first kappa shape index (κ1) is 28.5. The number of nitrogens with zero attached hydrogens (tertiary/aromatic N) is 5. The second kappa shape index (κ2) is 12.0. The van der Waals surface area contributed by atoms with E-state index in [4.69, 9.17) is 28.2 Å². The Bertz CT molecular complexity index is 1870. The number of hydrogen-bond donors (Lipinski definition) is 0. The minimum Gasteiger partial charge on any atom is -0.326 e. The fourth-order valence-corrected chi connectivity index (χ4v) is 5.23. The first-order valence-corrected chi connectivity index (χ1v) is 14.2. The molecule has 0 aliphatic carbocycles. The third-order valence-corrected chi connectivity index (χ3v) is 7.60. The van der Waals surface area contributed by atoms with E-state index in [1.54, 1.807) is 35.3 Å². The zero-order valence-electron chi connectivity index (χ0n) is 23.0. The number of hydrogen-bond acceptors (Lipinski definition) is 3. The molecular weight excluding hydrogens is 587 g/mol. The number of benzene rings is 4. The molecule has 0 N–H and O–H groups in total. The van der Waals surface area contributed by atoms with Gasteiger partial charge < -0.3 is 4.57 Å². The van der Waals surface area contributed by atoms with Gasteiger partial charge >= 0.3 is 0 Å². The van der Waals surface area contributed by atoms with E-state index in [1.165, 1.54) is 18.5 Å². The van der Waals surface area contributed by atoms with Crippen molar-refractivity contribution in [3.8, 4) is 28.1 Å². The number of halogens is 4. The molecule has 5 nitrogen and oxygen atoms in total.